The van der Waals surface area contributed by atoms with E-state index in [2.05, 4.69) is 15.3 Å². The Morgan fingerprint density at radius 3 is 2.57 bits per heavy atom. The van der Waals surface area contributed by atoms with E-state index in [1.54, 1.807) is 0 Å². The summed E-state index contributed by atoms with van der Waals surface area (Å²) in [6, 6.07) is 19.0. The number of aromatic hydroxyl groups is 1. The Bertz CT molecular complexity index is 1260. The lowest BCUT2D eigenvalue weighted by molar-refractivity contribution is 0.174. The molecule has 1 aliphatic heterocycles. The molecule has 0 fully saturated rings. The van der Waals surface area contributed by atoms with Gasteiger partial charge in [-0.25, -0.2) is 9.97 Å². The normalized spacial score (nSPS) is 13.4. The first-order valence-corrected chi connectivity index (χ1v) is 9.77. The Morgan fingerprint density at radius 1 is 0.900 bits per heavy atom. The molecule has 0 radical (unpaired) electrons. The summed E-state index contributed by atoms with van der Waals surface area (Å²) in [6.45, 7) is 4.07. The molecule has 1 unspecified atom stereocenters. The summed E-state index contributed by atoms with van der Waals surface area (Å²) < 4.78 is 11.0. The standard InChI is InChI=1S/C24H21N3O3/c1-14-4-3-5-21(25-14)27-22(17-9-11-19-20(12-17)30-13-29-19)18-10-8-16-7-6-15(2)26-23(16)24(18)28/h3-12,22,28H,13H2,1-2H3,(H,25,27). The van der Waals surface area contributed by atoms with Crippen LogP contribution in [0.1, 0.15) is 28.6 Å². The van der Waals surface area contributed by atoms with E-state index in [0.717, 1.165) is 28.2 Å². The van der Waals surface area contributed by atoms with Gasteiger partial charge in [-0.1, -0.05) is 30.3 Å². The molecule has 2 aromatic carbocycles. The number of pyridine rings is 2. The number of nitrogens with one attached hydrogen (secondary N) is 1. The molecule has 0 saturated heterocycles. The van der Waals surface area contributed by atoms with Crippen LogP contribution in [0.3, 0.4) is 0 Å². The Morgan fingerprint density at radius 2 is 1.70 bits per heavy atom. The zero-order valence-corrected chi connectivity index (χ0v) is 16.7. The molecule has 150 valence electrons. The molecule has 2 aromatic heterocycles. The van der Waals surface area contributed by atoms with Gasteiger partial charge in [-0.2, -0.15) is 0 Å². The second-order valence-corrected chi connectivity index (χ2v) is 7.38. The molecule has 0 aliphatic carbocycles. The van der Waals surface area contributed by atoms with Crippen molar-refractivity contribution in [3.8, 4) is 17.2 Å². The van der Waals surface area contributed by atoms with Crippen LogP contribution in [0.25, 0.3) is 10.9 Å². The van der Waals surface area contributed by atoms with Crippen molar-refractivity contribution < 1.29 is 14.6 Å². The molecular formula is C24H21N3O3. The summed E-state index contributed by atoms with van der Waals surface area (Å²) >= 11 is 0. The van der Waals surface area contributed by atoms with Crippen LogP contribution in [-0.4, -0.2) is 21.9 Å². The highest BCUT2D eigenvalue weighted by molar-refractivity contribution is 5.86. The lowest BCUT2D eigenvalue weighted by Crippen LogP contribution is -2.14. The first-order chi connectivity index (χ1) is 14.6. The number of phenols is 1. The minimum atomic E-state index is -0.361. The van der Waals surface area contributed by atoms with Crippen molar-refractivity contribution in [2.24, 2.45) is 0 Å². The van der Waals surface area contributed by atoms with Crippen molar-refractivity contribution in [1.82, 2.24) is 9.97 Å². The zero-order valence-electron chi connectivity index (χ0n) is 16.7. The van der Waals surface area contributed by atoms with E-state index in [1.807, 2.05) is 74.5 Å². The van der Waals surface area contributed by atoms with Gasteiger partial charge in [0, 0.05) is 22.3 Å². The molecule has 1 atom stereocenters. The first kappa shape index (κ1) is 18.2. The number of anilines is 1. The zero-order chi connectivity index (χ0) is 20.7. The molecule has 3 heterocycles. The van der Waals surface area contributed by atoms with Crippen molar-refractivity contribution in [2.75, 3.05) is 12.1 Å². The second-order valence-electron chi connectivity index (χ2n) is 7.38. The van der Waals surface area contributed by atoms with Crippen LogP contribution >= 0.6 is 0 Å². The summed E-state index contributed by atoms with van der Waals surface area (Å²) in [4.78, 5) is 9.13. The lowest BCUT2D eigenvalue weighted by atomic mass is 9.95. The van der Waals surface area contributed by atoms with Crippen molar-refractivity contribution in [1.29, 1.82) is 0 Å². The van der Waals surface area contributed by atoms with Gasteiger partial charge in [0.05, 0.1) is 6.04 Å². The predicted molar refractivity (Wildman–Crippen MR) is 115 cm³/mol. The molecule has 1 aliphatic rings. The summed E-state index contributed by atoms with van der Waals surface area (Å²) in [6.07, 6.45) is 0. The fourth-order valence-electron chi connectivity index (χ4n) is 3.72. The molecule has 0 bridgehead atoms. The topological polar surface area (TPSA) is 76.5 Å². The summed E-state index contributed by atoms with van der Waals surface area (Å²) in [5.41, 5.74) is 3.97. The first-order valence-electron chi connectivity index (χ1n) is 9.77. The average Bonchev–Trinajstić information content (AvgIpc) is 3.21. The maximum absolute atomic E-state index is 11.2. The SMILES string of the molecule is Cc1cccc(NC(c2ccc3c(c2)OCO3)c2ccc3ccc(C)nc3c2O)n1. The smallest absolute Gasteiger partial charge is 0.231 e. The Balaban J connectivity index is 1.66. The van der Waals surface area contributed by atoms with Gasteiger partial charge in [-0.05, 0) is 49.7 Å². The Labute approximate surface area is 174 Å². The number of aryl methyl sites for hydroxylation is 2. The number of ether oxygens (including phenoxy) is 2. The van der Waals surface area contributed by atoms with Crippen LogP contribution in [0.2, 0.25) is 0 Å². The molecule has 0 spiro atoms. The number of hydrogen-bond donors (Lipinski definition) is 2. The van der Waals surface area contributed by atoms with E-state index in [1.165, 1.54) is 0 Å². The molecule has 5 rings (SSSR count). The van der Waals surface area contributed by atoms with E-state index in [9.17, 15) is 5.11 Å². The monoisotopic (exact) mass is 399 g/mol. The van der Waals surface area contributed by atoms with E-state index in [0.29, 0.717) is 22.6 Å². The number of phenolic OH excluding ortho intramolecular Hbond substituents is 1. The molecule has 4 aromatic rings. The Kier molecular flexibility index (Phi) is 4.39. The number of fused-ring (bicyclic) bond motifs is 2. The third-order valence-electron chi connectivity index (χ3n) is 5.23. The number of hydrogen-bond acceptors (Lipinski definition) is 6. The van der Waals surface area contributed by atoms with Gasteiger partial charge in [0.25, 0.3) is 0 Å². The average molecular weight is 399 g/mol. The molecule has 30 heavy (non-hydrogen) atoms. The van der Waals surface area contributed by atoms with Gasteiger partial charge in [-0.15, -0.1) is 0 Å². The molecular weight excluding hydrogens is 378 g/mol. The quantitative estimate of drug-likeness (QED) is 0.509. The van der Waals surface area contributed by atoms with Crippen molar-refractivity contribution in [3.05, 3.63) is 83.2 Å². The van der Waals surface area contributed by atoms with E-state index >= 15 is 0 Å². The van der Waals surface area contributed by atoms with Gasteiger partial charge >= 0.3 is 0 Å². The van der Waals surface area contributed by atoms with E-state index in [4.69, 9.17) is 9.47 Å². The Hall–Kier alpha value is -3.80. The van der Waals surface area contributed by atoms with Crippen LogP contribution in [-0.2, 0) is 0 Å². The summed E-state index contributed by atoms with van der Waals surface area (Å²) in [7, 11) is 0. The third kappa shape index (κ3) is 3.26. The van der Waals surface area contributed by atoms with Gasteiger partial charge in [0.2, 0.25) is 6.79 Å². The van der Waals surface area contributed by atoms with Gasteiger partial charge in [0.15, 0.2) is 11.5 Å². The number of benzene rings is 2. The minimum absolute atomic E-state index is 0.152. The van der Waals surface area contributed by atoms with Crippen LogP contribution in [0.5, 0.6) is 17.2 Å². The molecule has 2 N–H and O–H groups in total. The van der Waals surface area contributed by atoms with Crippen LogP contribution in [0, 0.1) is 13.8 Å². The molecule has 0 saturated carbocycles. The fourth-order valence-corrected chi connectivity index (χ4v) is 3.72. The lowest BCUT2D eigenvalue weighted by Gasteiger charge is -2.22. The largest absolute Gasteiger partial charge is 0.505 e. The van der Waals surface area contributed by atoms with E-state index in [-0.39, 0.29) is 18.6 Å². The highest BCUT2D eigenvalue weighted by Crippen LogP contribution is 2.40. The number of nitrogens with zero attached hydrogens (tertiary/aromatic N) is 2. The van der Waals surface area contributed by atoms with Crippen LogP contribution in [0.15, 0.2) is 60.7 Å². The number of rotatable bonds is 4. The molecule has 6 nitrogen and oxygen atoms in total. The maximum Gasteiger partial charge on any atom is 0.231 e. The third-order valence-corrected chi connectivity index (χ3v) is 5.23. The van der Waals surface area contributed by atoms with E-state index < -0.39 is 0 Å². The van der Waals surface area contributed by atoms with Crippen molar-refractivity contribution in [2.45, 2.75) is 19.9 Å². The summed E-state index contributed by atoms with van der Waals surface area (Å²) in [5, 5.41) is 15.5. The highest BCUT2D eigenvalue weighted by Gasteiger charge is 2.23. The second kappa shape index (κ2) is 7.22. The highest BCUT2D eigenvalue weighted by atomic mass is 16.7. The van der Waals surface area contributed by atoms with Crippen LogP contribution < -0.4 is 14.8 Å². The predicted octanol–water partition coefficient (Wildman–Crippen LogP) is 4.88. The van der Waals surface area contributed by atoms with Crippen LogP contribution in [0.4, 0.5) is 5.82 Å². The van der Waals surface area contributed by atoms with Crippen molar-refractivity contribution in [3.63, 3.8) is 0 Å². The molecule has 0 amide bonds. The maximum atomic E-state index is 11.2. The van der Waals surface area contributed by atoms with Crippen molar-refractivity contribution >= 4 is 16.7 Å². The van der Waals surface area contributed by atoms with Gasteiger partial charge < -0.3 is 19.9 Å². The number of aromatic nitrogens is 2. The van der Waals surface area contributed by atoms with Gasteiger partial charge in [-0.3, -0.25) is 0 Å². The van der Waals surface area contributed by atoms with Gasteiger partial charge in [0.1, 0.15) is 17.1 Å². The summed E-state index contributed by atoms with van der Waals surface area (Å²) in [5.74, 6) is 2.27. The fraction of sp³-hybridized carbons (Fsp3) is 0.167. The molecule has 6 heteroatoms. The minimum Gasteiger partial charge on any atom is -0.505 e.